The van der Waals surface area contributed by atoms with Gasteiger partial charge in [-0.25, -0.2) is 9.37 Å². The Balaban J connectivity index is 2.00. The second-order valence-corrected chi connectivity index (χ2v) is 5.37. The van der Waals surface area contributed by atoms with Crippen LogP contribution in [0.25, 0.3) is 11.0 Å². The van der Waals surface area contributed by atoms with Gasteiger partial charge in [0.15, 0.2) is 0 Å². The van der Waals surface area contributed by atoms with Gasteiger partial charge in [0.1, 0.15) is 11.6 Å². The fourth-order valence-electron chi connectivity index (χ4n) is 2.52. The van der Waals surface area contributed by atoms with Gasteiger partial charge >= 0.3 is 0 Å². The fourth-order valence-corrected chi connectivity index (χ4v) is 2.73. The first-order valence-corrected chi connectivity index (χ1v) is 7.31. The lowest BCUT2D eigenvalue weighted by Crippen LogP contribution is -2.08. The fraction of sp³-hybridized carbons (Fsp3) is 0.333. The van der Waals surface area contributed by atoms with E-state index in [1.54, 1.807) is 13.1 Å². The molecule has 0 saturated heterocycles. The Labute approximate surface area is 127 Å². The molecule has 0 atom stereocenters. The van der Waals surface area contributed by atoms with Gasteiger partial charge in [0, 0.05) is 38.0 Å². The number of aryl methyl sites for hydroxylation is 4. The average molecular weight is 307 g/mol. The quantitative estimate of drug-likeness (QED) is 0.694. The summed E-state index contributed by atoms with van der Waals surface area (Å²) in [5.74, 6) is 0.833. The molecule has 4 nitrogen and oxygen atoms in total. The summed E-state index contributed by atoms with van der Waals surface area (Å²) in [6, 6.07) is 5.29. The highest BCUT2D eigenvalue weighted by Crippen LogP contribution is 2.22. The largest absolute Gasteiger partial charge is 0.327 e. The highest BCUT2D eigenvalue weighted by molar-refractivity contribution is 6.16. The van der Waals surface area contributed by atoms with E-state index in [2.05, 4.69) is 14.6 Å². The van der Waals surface area contributed by atoms with Crippen LogP contribution in [0.1, 0.15) is 17.1 Å². The van der Waals surface area contributed by atoms with Gasteiger partial charge in [0.2, 0.25) is 0 Å². The van der Waals surface area contributed by atoms with Gasteiger partial charge in [-0.1, -0.05) is 0 Å². The number of rotatable bonds is 4. The monoisotopic (exact) mass is 306 g/mol. The zero-order valence-electron chi connectivity index (χ0n) is 12.0. The third kappa shape index (κ3) is 2.53. The Bertz CT molecular complexity index is 790. The summed E-state index contributed by atoms with van der Waals surface area (Å²) in [7, 11) is 1.92. The molecule has 21 heavy (non-hydrogen) atoms. The predicted octanol–water partition coefficient (Wildman–Crippen LogP) is 3.20. The van der Waals surface area contributed by atoms with Gasteiger partial charge in [0.05, 0.1) is 16.9 Å². The number of benzene rings is 1. The van der Waals surface area contributed by atoms with E-state index >= 15 is 0 Å². The number of fused-ring (bicyclic) bond motifs is 1. The highest BCUT2D eigenvalue weighted by Gasteiger charge is 2.13. The lowest BCUT2D eigenvalue weighted by atomic mass is 10.2. The van der Waals surface area contributed by atoms with Crippen LogP contribution in [0.4, 0.5) is 4.39 Å². The van der Waals surface area contributed by atoms with Crippen LogP contribution >= 0.6 is 11.6 Å². The van der Waals surface area contributed by atoms with Crippen LogP contribution in [0, 0.1) is 12.7 Å². The van der Waals surface area contributed by atoms with E-state index < -0.39 is 0 Å². The molecule has 2 heterocycles. The lowest BCUT2D eigenvalue weighted by Gasteiger charge is -2.08. The molecule has 3 aromatic rings. The summed E-state index contributed by atoms with van der Waals surface area (Å²) in [5.41, 5.74) is 3.33. The molecular formula is C15H16ClFN4. The summed E-state index contributed by atoms with van der Waals surface area (Å²) in [4.78, 5) is 4.42. The number of halogens is 2. The Morgan fingerprint density at radius 2 is 2.14 bits per heavy atom. The average Bonchev–Trinajstić information content (AvgIpc) is 3.01. The van der Waals surface area contributed by atoms with Gasteiger partial charge in [-0.2, -0.15) is 5.10 Å². The number of hydrogen-bond donors (Lipinski definition) is 0. The SMILES string of the molecule is Cc1cc2c(cc1F)nc(CCl)n2CCc1ccnn1C. The number of nitrogens with zero attached hydrogens (tertiary/aromatic N) is 4. The van der Waals surface area contributed by atoms with E-state index in [4.69, 9.17) is 11.6 Å². The van der Waals surface area contributed by atoms with Gasteiger partial charge in [-0.15, -0.1) is 11.6 Å². The third-order valence-corrected chi connectivity index (χ3v) is 3.98. The number of imidazole rings is 1. The van der Waals surface area contributed by atoms with Crippen molar-refractivity contribution in [2.45, 2.75) is 25.8 Å². The van der Waals surface area contributed by atoms with Crippen molar-refractivity contribution in [2.24, 2.45) is 7.05 Å². The number of alkyl halides is 1. The maximum absolute atomic E-state index is 13.7. The molecule has 1 aromatic carbocycles. The zero-order valence-corrected chi connectivity index (χ0v) is 12.7. The molecule has 0 N–H and O–H groups in total. The van der Waals surface area contributed by atoms with E-state index in [0.29, 0.717) is 17.0 Å². The minimum atomic E-state index is -0.236. The first kappa shape index (κ1) is 14.1. The van der Waals surface area contributed by atoms with Gasteiger partial charge in [0.25, 0.3) is 0 Å². The van der Waals surface area contributed by atoms with Crippen LogP contribution in [-0.2, 0) is 25.9 Å². The smallest absolute Gasteiger partial charge is 0.128 e. The van der Waals surface area contributed by atoms with Crippen molar-refractivity contribution in [2.75, 3.05) is 0 Å². The van der Waals surface area contributed by atoms with Crippen molar-refractivity contribution >= 4 is 22.6 Å². The topological polar surface area (TPSA) is 35.6 Å². The summed E-state index contributed by atoms with van der Waals surface area (Å²) < 4.78 is 17.6. The molecule has 0 unspecified atom stereocenters. The van der Waals surface area contributed by atoms with Gasteiger partial charge in [-0.3, -0.25) is 4.68 Å². The molecule has 0 radical (unpaired) electrons. The van der Waals surface area contributed by atoms with Gasteiger partial charge < -0.3 is 4.57 Å². The normalized spacial score (nSPS) is 11.4. The van der Waals surface area contributed by atoms with E-state index in [9.17, 15) is 4.39 Å². The Hall–Kier alpha value is -1.88. The van der Waals surface area contributed by atoms with Crippen LogP contribution < -0.4 is 0 Å². The summed E-state index contributed by atoms with van der Waals surface area (Å²) in [6.07, 6.45) is 2.60. The van der Waals surface area contributed by atoms with E-state index in [0.717, 1.165) is 30.0 Å². The van der Waals surface area contributed by atoms with E-state index in [1.807, 2.05) is 23.9 Å². The molecule has 0 fully saturated rings. The van der Waals surface area contributed by atoms with E-state index in [1.165, 1.54) is 6.07 Å². The van der Waals surface area contributed by atoms with Crippen LogP contribution in [-0.4, -0.2) is 19.3 Å². The molecule has 0 amide bonds. The first-order valence-electron chi connectivity index (χ1n) is 6.78. The van der Waals surface area contributed by atoms with Crippen molar-refractivity contribution in [3.63, 3.8) is 0 Å². The molecule has 0 spiro atoms. The number of hydrogen-bond acceptors (Lipinski definition) is 2. The van der Waals surface area contributed by atoms with Crippen molar-refractivity contribution in [1.82, 2.24) is 19.3 Å². The molecule has 0 bridgehead atoms. The molecule has 3 rings (SSSR count). The minimum absolute atomic E-state index is 0.236. The molecule has 2 aromatic heterocycles. The molecule has 0 aliphatic carbocycles. The van der Waals surface area contributed by atoms with Gasteiger partial charge in [-0.05, 0) is 24.6 Å². The van der Waals surface area contributed by atoms with Crippen LogP contribution in [0.5, 0.6) is 0 Å². The van der Waals surface area contributed by atoms with Crippen LogP contribution in [0.2, 0.25) is 0 Å². The van der Waals surface area contributed by atoms with Crippen LogP contribution in [0.3, 0.4) is 0 Å². The Morgan fingerprint density at radius 3 is 2.81 bits per heavy atom. The van der Waals surface area contributed by atoms with Crippen molar-refractivity contribution in [3.05, 3.63) is 47.3 Å². The molecule has 0 saturated carbocycles. The molecule has 0 aliphatic rings. The molecule has 110 valence electrons. The second-order valence-electron chi connectivity index (χ2n) is 5.10. The van der Waals surface area contributed by atoms with Crippen molar-refractivity contribution < 1.29 is 4.39 Å². The summed E-state index contributed by atoms with van der Waals surface area (Å²) in [5, 5.41) is 4.16. The molecule has 6 heteroatoms. The highest BCUT2D eigenvalue weighted by atomic mass is 35.5. The molecular weight excluding hydrogens is 291 g/mol. The minimum Gasteiger partial charge on any atom is -0.327 e. The molecule has 0 aliphatic heterocycles. The predicted molar refractivity (Wildman–Crippen MR) is 80.9 cm³/mol. The zero-order chi connectivity index (χ0) is 15.0. The van der Waals surface area contributed by atoms with E-state index in [-0.39, 0.29) is 5.82 Å². The second kappa shape index (κ2) is 5.48. The Morgan fingerprint density at radius 1 is 1.33 bits per heavy atom. The summed E-state index contributed by atoms with van der Waals surface area (Å²) in [6.45, 7) is 2.50. The Kier molecular flexibility index (Phi) is 3.68. The maximum atomic E-state index is 13.7. The maximum Gasteiger partial charge on any atom is 0.128 e. The van der Waals surface area contributed by atoms with Crippen molar-refractivity contribution in [3.8, 4) is 0 Å². The van der Waals surface area contributed by atoms with Crippen LogP contribution in [0.15, 0.2) is 24.4 Å². The third-order valence-electron chi connectivity index (χ3n) is 3.74. The first-order chi connectivity index (χ1) is 10.1. The van der Waals surface area contributed by atoms with Crippen molar-refractivity contribution in [1.29, 1.82) is 0 Å². The number of aromatic nitrogens is 4. The lowest BCUT2D eigenvalue weighted by molar-refractivity contribution is 0.619. The standard InChI is InChI=1S/C15H16ClFN4/c1-10-7-14-13(8-12(10)17)19-15(9-16)21(14)6-4-11-3-5-18-20(11)2/h3,5,7-8H,4,6,9H2,1-2H3. The summed E-state index contributed by atoms with van der Waals surface area (Å²) >= 11 is 5.98.